The van der Waals surface area contributed by atoms with Gasteiger partial charge in [0.05, 0.1) is 18.5 Å². The second-order valence-electron chi connectivity index (χ2n) is 3.81. The summed E-state index contributed by atoms with van der Waals surface area (Å²) in [4.78, 5) is 0. The van der Waals surface area contributed by atoms with Crippen LogP contribution in [0.3, 0.4) is 0 Å². The molecule has 13 heavy (non-hydrogen) atoms. The smallest absolute Gasteiger partial charge is 0.0852 e. The molecule has 3 nitrogen and oxygen atoms in total. The van der Waals surface area contributed by atoms with Crippen molar-refractivity contribution in [1.29, 1.82) is 0 Å². The SMILES string of the molecule is Cn1ncc(C2CCCC2)c1CO. The monoisotopic (exact) mass is 180 g/mol. The number of hydrogen-bond donors (Lipinski definition) is 1. The number of aliphatic hydroxyl groups is 1. The van der Waals surface area contributed by atoms with Crippen molar-refractivity contribution in [2.75, 3.05) is 0 Å². The normalized spacial score (nSPS) is 18.3. The molecule has 1 heterocycles. The molecule has 72 valence electrons. The van der Waals surface area contributed by atoms with E-state index in [0.29, 0.717) is 5.92 Å². The second-order valence-corrected chi connectivity index (χ2v) is 3.81. The minimum atomic E-state index is 0.113. The van der Waals surface area contributed by atoms with E-state index in [1.807, 2.05) is 13.2 Å². The quantitative estimate of drug-likeness (QED) is 0.750. The summed E-state index contributed by atoms with van der Waals surface area (Å²) in [6.07, 6.45) is 7.09. The van der Waals surface area contributed by atoms with Gasteiger partial charge in [-0.05, 0) is 24.3 Å². The third-order valence-corrected chi connectivity index (χ3v) is 3.04. The van der Waals surface area contributed by atoms with Gasteiger partial charge in [-0.15, -0.1) is 0 Å². The van der Waals surface area contributed by atoms with Gasteiger partial charge in [-0.2, -0.15) is 5.10 Å². The fourth-order valence-corrected chi connectivity index (χ4v) is 2.25. The van der Waals surface area contributed by atoms with E-state index in [2.05, 4.69) is 5.10 Å². The first-order chi connectivity index (χ1) is 6.33. The van der Waals surface area contributed by atoms with Crippen molar-refractivity contribution in [1.82, 2.24) is 9.78 Å². The van der Waals surface area contributed by atoms with Crippen molar-refractivity contribution in [3.8, 4) is 0 Å². The van der Waals surface area contributed by atoms with Gasteiger partial charge in [0.25, 0.3) is 0 Å². The van der Waals surface area contributed by atoms with Gasteiger partial charge in [-0.1, -0.05) is 12.8 Å². The standard InChI is InChI=1S/C10H16N2O/c1-12-10(7-13)9(6-11-12)8-4-2-3-5-8/h6,8,13H,2-5,7H2,1H3. The van der Waals surface area contributed by atoms with Crippen molar-refractivity contribution in [2.45, 2.75) is 38.2 Å². The third kappa shape index (κ3) is 1.48. The lowest BCUT2D eigenvalue weighted by molar-refractivity contribution is 0.268. The van der Waals surface area contributed by atoms with E-state index in [9.17, 15) is 5.11 Å². The molecule has 1 aliphatic carbocycles. The molecule has 1 aromatic heterocycles. The number of aryl methyl sites for hydroxylation is 1. The lowest BCUT2D eigenvalue weighted by Crippen LogP contribution is -2.02. The van der Waals surface area contributed by atoms with E-state index < -0.39 is 0 Å². The molecular weight excluding hydrogens is 164 g/mol. The maximum absolute atomic E-state index is 9.19. The summed E-state index contributed by atoms with van der Waals surface area (Å²) in [5, 5.41) is 13.4. The fraction of sp³-hybridized carbons (Fsp3) is 0.700. The highest BCUT2D eigenvalue weighted by Crippen LogP contribution is 2.35. The van der Waals surface area contributed by atoms with Crippen LogP contribution in [0.25, 0.3) is 0 Å². The highest BCUT2D eigenvalue weighted by Gasteiger charge is 2.21. The van der Waals surface area contributed by atoms with E-state index in [0.717, 1.165) is 5.69 Å². The van der Waals surface area contributed by atoms with E-state index in [1.54, 1.807) is 4.68 Å². The topological polar surface area (TPSA) is 38.0 Å². The average Bonchev–Trinajstić information content (AvgIpc) is 2.71. The minimum absolute atomic E-state index is 0.113. The number of hydrogen-bond acceptors (Lipinski definition) is 2. The van der Waals surface area contributed by atoms with Crippen molar-refractivity contribution in [3.05, 3.63) is 17.5 Å². The Hall–Kier alpha value is -0.830. The van der Waals surface area contributed by atoms with Crippen LogP contribution in [-0.2, 0) is 13.7 Å². The van der Waals surface area contributed by atoms with Crippen molar-refractivity contribution in [2.24, 2.45) is 7.05 Å². The Kier molecular flexibility index (Phi) is 2.36. The Morgan fingerprint density at radius 1 is 1.54 bits per heavy atom. The van der Waals surface area contributed by atoms with E-state index in [-0.39, 0.29) is 6.61 Å². The first-order valence-electron chi connectivity index (χ1n) is 4.94. The van der Waals surface area contributed by atoms with Gasteiger partial charge in [-0.25, -0.2) is 0 Å². The zero-order valence-corrected chi connectivity index (χ0v) is 8.03. The Morgan fingerprint density at radius 2 is 2.23 bits per heavy atom. The Bertz CT molecular complexity index is 287. The van der Waals surface area contributed by atoms with E-state index in [4.69, 9.17) is 0 Å². The van der Waals surface area contributed by atoms with E-state index in [1.165, 1.54) is 31.2 Å². The molecule has 0 radical (unpaired) electrons. The van der Waals surface area contributed by atoms with Gasteiger partial charge >= 0.3 is 0 Å². The zero-order chi connectivity index (χ0) is 9.26. The van der Waals surface area contributed by atoms with Crippen LogP contribution in [-0.4, -0.2) is 14.9 Å². The van der Waals surface area contributed by atoms with Crippen LogP contribution in [0, 0.1) is 0 Å². The van der Waals surface area contributed by atoms with Gasteiger partial charge < -0.3 is 5.11 Å². The second kappa shape index (κ2) is 3.50. The zero-order valence-electron chi connectivity index (χ0n) is 8.03. The van der Waals surface area contributed by atoms with Gasteiger partial charge in [-0.3, -0.25) is 4.68 Å². The molecule has 0 atom stereocenters. The third-order valence-electron chi connectivity index (χ3n) is 3.04. The first-order valence-corrected chi connectivity index (χ1v) is 4.94. The van der Waals surface area contributed by atoms with Crippen LogP contribution in [0.1, 0.15) is 42.9 Å². The summed E-state index contributed by atoms with van der Waals surface area (Å²) in [5.41, 5.74) is 2.26. The molecule has 3 heteroatoms. The number of nitrogens with zero attached hydrogens (tertiary/aromatic N) is 2. The summed E-state index contributed by atoms with van der Waals surface area (Å²) < 4.78 is 1.79. The Balaban J connectivity index is 2.27. The molecule has 0 unspecified atom stereocenters. The Morgan fingerprint density at radius 3 is 2.85 bits per heavy atom. The highest BCUT2D eigenvalue weighted by atomic mass is 16.3. The highest BCUT2D eigenvalue weighted by molar-refractivity contribution is 5.22. The summed E-state index contributed by atoms with van der Waals surface area (Å²) >= 11 is 0. The summed E-state index contributed by atoms with van der Waals surface area (Å²) in [7, 11) is 1.89. The molecule has 0 aromatic carbocycles. The van der Waals surface area contributed by atoms with Gasteiger partial charge in [0, 0.05) is 7.05 Å². The van der Waals surface area contributed by atoms with Crippen LogP contribution in [0.2, 0.25) is 0 Å². The molecule has 1 fully saturated rings. The molecule has 1 aliphatic rings. The molecule has 0 aliphatic heterocycles. The first kappa shape index (κ1) is 8.75. The number of aromatic nitrogens is 2. The predicted octanol–water partition coefficient (Wildman–Crippen LogP) is 1.57. The number of rotatable bonds is 2. The van der Waals surface area contributed by atoms with Crippen LogP contribution in [0.5, 0.6) is 0 Å². The van der Waals surface area contributed by atoms with Gasteiger partial charge in [0.1, 0.15) is 0 Å². The largest absolute Gasteiger partial charge is 0.390 e. The van der Waals surface area contributed by atoms with Crippen LogP contribution >= 0.6 is 0 Å². The summed E-state index contributed by atoms with van der Waals surface area (Å²) in [6.45, 7) is 0.113. The Labute approximate surface area is 78.4 Å². The maximum atomic E-state index is 9.19. The fourth-order valence-electron chi connectivity index (χ4n) is 2.25. The lowest BCUT2D eigenvalue weighted by Gasteiger charge is -2.08. The molecule has 0 amide bonds. The van der Waals surface area contributed by atoms with Gasteiger partial charge in [0.2, 0.25) is 0 Å². The molecule has 1 aromatic rings. The van der Waals surface area contributed by atoms with E-state index >= 15 is 0 Å². The molecule has 1 N–H and O–H groups in total. The molecule has 0 bridgehead atoms. The van der Waals surface area contributed by atoms with Crippen LogP contribution in [0.15, 0.2) is 6.20 Å². The molecule has 2 rings (SSSR count). The van der Waals surface area contributed by atoms with Crippen LogP contribution < -0.4 is 0 Å². The minimum Gasteiger partial charge on any atom is -0.390 e. The molecule has 0 spiro atoms. The van der Waals surface area contributed by atoms with Crippen molar-refractivity contribution in [3.63, 3.8) is 0 Å². The van der Waals surface area contributed by atoms with Crippen LogP contribution in [0.4, 0.5) is 0 Å². The maximum Gasteiger partial charge on any atom is 0.0852 e. The molecular formula is C10H16N2O. The number of aliphatic hydroxyl groups excluding tert-OH is 1. The lowest BCUT2D eigenvalue weighted by atomic mass is 9.98. The summed E-state index contributed by atoms with van der Waals surface area (Å²) in [5.74, 6) is 0.649. The average molecular weight is 180 g/mol. The summed E-state index contributed by atoms with van der Waals surface area (Å²) in [6, 6.07) is 0. The molecule has 1 saturated carbocycles. The molecule has 0 saturated heterocycles. The predicted molar refractivity (Wildman–Crippen MR) is 50.3 cm³/mol. The van der Waals surface area contributed by atoms with Crippen molar-refractivity contribution >= 4 is 0 Å². The van der Waals surface area contributed by atoms with Gasteiger partial charge in [0.15, 0.2) is 0 Å². The van der Waals surface area contributed by atoms with Crippen molar-refractivity contribution < 1.29 is 5.11 Å².